The Kier molecular flexibility index (Phi) is 5.96. The maximum Gasteiger partial charge on any atom is 0.397 e. The normalized spacial score (nSPS) is 19.8. The second-order valence-corrected chi connectivity index (χ2v) is 3.90. The molecule has 0 spiro atoms. The van der Waals surface area contributed by atoms with Crippen molar-refractivity contribution in [2.75, 3.05) is 6.61 Å². The lowest BCUT2D eigenvalue weighted by Gasteiger charge is -2.25. The van der Waals surface area contributed by atoms with E-state index in [1.165, 1.54) is 0 Å². The van der Waals surface area contributed by atoms with E-state index >= 15 is 0 Å². The third kappa shape index (κ3) is 4.94. The number of aldehydes is 1. The Morgan fingerprint density at radius 1 is 1.25 bits per heavy atom. The van der Waals surface area contributed by atoms with Crippen LogP contribution in [-0.4, -0.2) is 70.7 Å². The van der Waals surface area contributed by atoms with Crippen LogP contribution in [0.5, 0.6) is 0 Å². The second-order valence-electron chi connectivity index (χ2n) is 2.86. The van der Waals surface area contributed by atoms with Gasteiger partial charge in [0.05, 0.1) is 6.61 Å². The van der Waals surface area contributed by atoms with Crippen LogP contribution < -0.4 is 0 Å². The number of aliphatic hydroxyl groups excluding tert-OH is 4. The Morgan fingerprint density at radius 3 is 2.06 bits per heavy atom. The first-order valence-electron chi connectivity index (χ1n) is 3.99. The minimum atomic E-state index is -5.04. The first-order valence-corrected chi connectivity index (χ1v) is 5.35. The number of carbonyl (C=O) groups excluding carboxylic acids is 1. The molecule has 0 heterocycles. The van der Waals surface area contributed by atoms with Crippen molar-refractivity contribution in [2.24, 2.45) is 0 Å². The molecule has 0 aromatic heterocycles. The largest absolute Gasteiger partial charge is 0.397 e. The van der Waals surface area contributed by atoms with E-state index in [0.717, 1.165) is 0 Å². The van der Waals surface area contributed by atoms with Crippen molar-refractivity contribution in [3.63, 3.8) is 0 Å². The third-order valence-corrected chi connectivity index (χ3v) is 2.09. The Bertz CT molecular complexity index is 312. The quantitative estimate of drug-likeness (QED) is 0.230. The molecule has 0 bridgehead atoms. The maximum absolute atomic E-state index is 10.3. The van der Waals surface area contributed by atoms with Crippen molar-refractivity contribution in [3.8, 4) is 0 Å². The number of hydrogen-bond acceptors (Lipinski definition) is 8. The molecule has 0 radical (unpaired) electrons. The van der Waals surface area contributed by atoms with Crippen LogP contribution in [0.25, 0.3) is 0 Å². The molecule has 0 unspecified atom stereocenters. The zero-order chi connectivity index (χ0) is 12.9. The first-order chi connectivity index (χ1) is 7.22. The van der Waals surface area contributed by atoms with Gasteiger partial charge in [-0.1, -0.05) is 0 Å². The minimum absolute atomic E-state index is 0.164. The topological polar surface area (TPSA) is 162 Å². The van der Waals surface area contributed by atoms with Crippen LogP contribution in [0.3, 0.4) is 0 Å². The van der Waals surface area contributed by atoms with Crippen LogP contribution in [0, 0.1) is 0 Å². The number of hydrogen-bond donors (Lipinski definition) is 5. The molecule has 0 fully saturated rings. The first kappa shape index (κ1) is 15.4. The van der Waals surface area contributed by atoms with Crippen molar-refractivity contribution >= 4 is 16.7 Å². The molecule has 4 atom stereocenters. The van der Waals surface area contributed by atoms with Crippen LogP contribution in [-0.2, 0) is 19.4 Å². The van der Waals surface area contributed by atoms with Crippen molar-refractivity contribution in [2.45, 2.75) is 24.4 Å². The predicted octanol–water partition coefficient (Wildman–Crippen LogP) is -3.55. The molecule has 0 rings (SSSR count). The highest BCUT2D eigenvalue weighted by molar-refractivity contribution is 7.80. The summed E-state index contributed by atoms with van der Waals surface area (Å²) in [7, 11) is -5.04. The standard InChI is InChI=1S/C6H12O9S/c7-1-3(9)5(11)6(4(10)2-8)15-16(12,13)14/h2-7,9-11H,1H2,(H,12,13,14)/t3-,4-,5-,6-/m1/s1. The molecule has 0 aliphatic rings. The molecule has 0 aromatic rings. The fourth-order valence-electron chi connectivity index (χ4n) is 0.861. The summed E-state index contributed by atoms with van der Waals surface area (Å²) in [6.07, 6.45) is -8.30. The van der Waals surface area contributed by atoms with Crippen molar-refractivity contribution < 1.29 is 42.4 Å². The Hall–Kier alpha value is -0.620. The van der Waals surface area contributed by atoms with Crippen LogP contribution >= 0.6 is 0 Å². The summed E-state index contributed by atoms with van der Waals surface area (Å²) in [5.74, 6) is 0. The van der Waals surface area contributed by atoms with Gasteiger partial charge in [-0.05, 0) is 0 Å². The van der Waals surface area contributed by atoms with Crippen LogP contribution in [0.1, 0.15) is 0 Å². The van der Waals surface area contributed by atoms with Gasteiger partial charge in [0.2, 0.25) is 0 Å². The van der Waals surface area contributed by atoms with Gasteiger partial charge in [0.1, 0.15) is 24.4 Å². The lowest BCUT2D eigenvalue weighted by atomic mass is 10.0. The molecule has 96 valence electrons. The summed E-state index contributed by atoms with van der Waals surface area (Å²) in [5, 5.41) is 35.6. The van der Waals surface area contributed by atoms with Crippen molar-refractivity contribution in [1.29, 1.82) is 0 Å². The molecular formula is C6H12O9S. The van der Waals surface area contributed by atoms with Crippen LogP contribution in [0.2, 0.25) is 0 Å². The molecule has 0 aliphatic carbocycles. The van der Waals surface area contributed by atoms with Gasteiger partial charge in [-0.15, -0.1) is 0 Å². The second kappa shape index (κ2) is 6.20. The Labute approximate surface area is 90.9 Å². The summed E-state index contributed by atoms with van der Waals surface area (Å²) in [4.78, 5) is 10.2. The molecule has 0 aromatic carbocycles. The van der Waals surface area contributed by atoms with E-state index < -0.39 is 41.4 Å². The van der Waals surface area contributed by atoms with Gasteiger partial charge in [-0.25, -0.2) is 4.18 Å². The SMILES string of the molecule is O=C[C@@H](O)[C@@H](OS(=O)(=O)O)[C@H](O)[C@H](O)CO. The van der Waals surface area contributed by atoms with Crippen LogP contribution in [0.4, 0.5) is 0 Å². The van der Waals surface area contributed by atoms with Gasteiger partial charge >= 0.3 is 10.4 Å². The Balaban J connectivity index is 4.87. The fourth-order valence-corrected chi connectivity index (χ4v) is 1.37. The number of rotatable bonds is 7. The lowest BCUT2D eigenvalue weighted by Crippen LogP contribution is -2.48. The summed E-state index contributed by atoms with van der Waals surface area (Å²) in [5.41, 5.74) is 0. The van der Waals surface area contributed by atoms with E-state index in [1.807, 2.05) is 0 Å². The van der Waals surface area contributed by atoms with E-state index in [9.17, 15) is 18.3 Å². The van der Waals surface area contributed by atoms with Gasteiger partial charge in [-0.3, -0.25) is 4.55 Å². The zero-order valence-electron chi connectivity index (χ0n) is 7.87. The van der Waals surface area contributed by atoms with E-state index in [1.54, 1.807) is 0 Å². The lowest BCUT2D eigenvalue weighted by molar-refractivity contribution is -0.132. The van der Waals surface area contributed by atoms with E-state index in [2.05, 4.69) is 4.18 Å². The van der Waals surface area contributed by atoms with Crippen LogP contribution in [0.15, 0.2) is 0 Å². The molecule has 9 nitrogen and oxygen atoms in total. The molecule has 0 saturated carbocycles. The molecule has 5 N–H and O–H groups in total. The average Bonchev–Trinajstić information content (AvgIpc) is 2.21. The third-order valence-electron chi connectivity index (χ3n) is 1.63. The summed E-state index contributed by atoms with van der Waals surface area (Å²) >= 11 is 0. The molecule has 0 saturated heterocycles. The maximum atomic E-state index is 10.3. The predicted molar refractivity (Wildman–Crippen MR) is 47.6 cm³/mol. The van der Waals surface area contributed by atoms with Gasteiger partial charge in [-0.2, -0.15) is 8.42 Å². The zero-order valence-corrected chi connectivity index (χ0v) is 8.69. The molecule has 0 aliphatic heterocycles. The molecule has 0 amide bonds. The minimum Gasteiger partial charge on any atom is -0.394 e. The molecule has 10 heteroatoms. The van der Waals surface area contributed by atoms with Gasteiger partial charge in [0.25, 0.3) is 0 Å². The summed E-state index contributed by atoms with van der Waals surface area (Å²) in [6.45, 7) is -0.960. The number of carbonyl (C=O) groups is 1. The van der Waals surface area contributed by atoms with Gasteiger partial charge in [0, 0.05) is 0 Å². The summed E-state index contributed by atoms with van der Waals surface area (Å²) in [6, 6.07) is 0. The van der Waals surface area contributed by atoms with E-state index in [-0.39, 0.29) is 6.29 Å². The fraction of sp³-hybridized carbons (Fsp3) is 0.833. The number of aliphatic hydroxyl groups is 4. The van der Waals surface area contributed by atoms with Gasteiger partial charge < -0.3 is 25.2 Å². The van der Waals surface area contributed by atoms with E-state index in [4.69, 9.17) is 19.9 Å². The highest BCUT2D eigenvalue weighted by atomic mass is 32.3. The summed E-state index contributed by atoms with van der Waals surface area (Å²) < 4.78 is 32.8. The van der Waals surface area contributed by atoms with E-state index in [0.29, 0.717) is 0 Å². The highest BCUT2D eigenvalue weighted by Crippen LogP contribution is 2.11. The monoisotopic (exact) mass is 260 g/mol. The Morgan fingerprint density at radius 2 is 1.75 bits per heavy atom. The molecule has 16 heavy (non-hydrogen) atoms. The smallest absolute Gasteiger partial charge is 0.394 e. The van der Waals surface area contributed by atoms with Crippen molar-refractivity contribution in [1.82, 2.24) is 0 Å². The molecular weight excluding hydrogens is 248 g/mol. The average molecular weight is 260 g/mol. The van der Waals surface area contributed by atoms with Gasteiger partial charge in [0.15, 0.2) is 6.29 Å². The highest BCUT2D eigenvalue weighted by Gasteiger charge is 2.36. The van der Waals surface area contributed by atoms with Crippen molar-refractivity contribution in [3.05, 3.63) is 0 Å².